The summed E-state index contributed by atoms with van der Waals surface area (Å²) in [4.78, 5) is 16.6. The van der Waals surface area contributed by atoms with E-state index in [-0.39, 0.29) is 18.0 Å². The molecule has 3 rings (SSSR count). The van der Waals surface area contributed by atoms with Gasteiger partial charge in [-0.2, -0.15) is 0 Å². The first-order valence-corrected chi connectivity index (χ1v) is 7.78. The maximum absolute atomic E-state index is 13.7. The highest BCUT2D eigenvalue weighted by molar-refractivity contribution is 6.05. The Morgan fingerprint density at radius 1 is 1.23 bits per heavy atom. The summed E-state index contributed by atoms with van der Waals surface area (Å²) in [5.74, 6) is -1.85. The van der Waals surface area contributed by atoms with Crippen molar-refractivity contribution < 1.29 is 13.6 Å². The molecule has 1 aromatic carbocycles. The van der Waals surface area contributed by atoms with Crippen LogP contribution in [-0.2, 0) is 4.79 Å². The average molecular weight is 309 g/mol. The molecule has 1 saturated heterocycles. The molecule has 1 atom stereocenters. The lowest BCUT2D eigenvalue weighted by molar-refractivity contribution is -0.120. The molecule has 2 aliphatic rings. The molecule has 120 valence electrons. The minimum atomic E-state index is -0.916. The molecule has 1 unspecified atom stereocenters. The molecule has 0 bridgehead atoms. The molecule has 0 radical (unpaired) electrons. The summed E-state index contributed by atoms with van der Waals surface area (Å²) in [7, 11) is 2.05. The standard InChI is InChI=1S/C16H21F2N3O/c1-3-13-16(22)21(10-4-6-20(2)7-5-10)15-9-12(18)11(17)8-14(15)19-13/h8-10,13,19H,3-7H2,1-2H3. The monoisotopic (exact) mass is 309 g/mol. The largest absolute Gasteiger partial charge is 0.372 e. The molecule has 0 spiro atoms. The minimum Gasteiger partial charge on any atom is -0.372 e. The fourth-order valence-electron chi connectivity index (χ4n) is 3.29. The van der Waals surface area contributed by atoms with Crippen LogP contribution in [0.2, 0.25) is 0 Å². The number of halogens is 2. The van der Waals surface area contributed by atoms with E-state index < -0.39 is 11.6 Å². The fraction of sp³-hybridized carbons (Fsp3) is 0.562. The molecule has 1 aromatic rings. The third kappa shape index (κ3) is 2.56. The quantitative estimate of drug-likeness (QED) is 0.912. The summed E-state index contributed by atoms with van der Waals surface area (Å²) in [6.45, 7) is 3.71. The second-order valence-corrected chi connectivity index (χ2v) is 6.13. The van der Waals surface area contributed by atoms with E-state index in [0.717, 1.165) is 38.1 Å². The fourth-order valence-corrected chi connectivity index (χ4v) is 3.29. The zero-order chi connectivity index (χ0) is 15.9. The first kappa shape index (κ1) is 15.2. The summed E-state index contributed by atoms with van der Waals surface area (Å²) < 4.78 is 27.2. The summed E-state index contributed by atoms with van der Waals surface area (Å²) in [5.41, 5.74) is 0.965. The van der Waals surface area contributed by atoms with E-state index in [0.29, 0.717) is 17.8 Å². The van der Waals surface area contributed by atoms with Crippen molar-refractivity contribution in [1.29, 1.82) is 0 Å². The lowest BCUT2D eigenvalue weighted by atomic mass is 9.98. The van der Waals surface area contributed by atoms with Crippen molar-refractivity contribution in [2.24, 2.45) is 0 Å². The maximum Gasteiger partial charge on any atom is 0.249 e. The highest BCUT2D eigenvalue weighted by atomic mass is 19.2. The van der Waals surface area contributed by atoms with Crippen LogP contribution in [0.1, 0.15) is 26.2 Å². The number of hydrogen-bond acceptors (Lipinski definition) is 3. The van der Waals surface area contributed by atoms with Gasteiger partial charge in [0.1, 0.15) is 6.04 Å². The van der Waals surface area contributed by atoms with E-state index >= 15 is 0 Å². The van der Waals surface area contributed by atoms with Gasteiger partial charge in [0, 0.05) is 18.2 Å². The van der Waals surface area contributed by atoms with Crippen LogP contribution in [0.15, 0.2) is 12.1 Å². The first-order valence-electron chi connectivity index (χ1n) is 7.78. The molecule has 6 heteroatoms. The number of carbonyl (C=O) groups excluding carboxylic acids is 1. The Labute approximate surface area is 129 Å². The highest BCUT2D eigenvalue weighted by Crippen LogP contribution is 2.37. The molecule has 4 nitrogen and oxygen atoms in total. The molecule has 0 aromatic heterocycles. The van der Waals surface area contributed by atoms with E-state index in [9.17, 15) is 13.6 Å². The molecule has 1 N–H and O–H groups in total. The smallest absolute Gasteiger partial charge is 0.249 e. The van der Waals surface area contributed by atoms with Gasteiger partial charge in [-0.15, -0.1) is 0 Å². The van der Waals surface area contributed by atoms with Crippen molar-refractivity contribution in [3.05, 3.63) is 23.8 Å². The van der Waals surface area contributed by atoms with Crippen molar-refractivity contribution in [3.63, 3.8) is 0 Å². The Balaban J connectivity index is 2.00. The maximum atomic E-state index is 13.7. The Morgan fingerprint density at radius 2 is 1.86 bits per heavy atom. The van der Waals surface area contributed by atoms with E-state index in [4.69, 9.17) is 0 Å². The van der Waals surface area contributed by atoms with Gasteiger partial charge in [-0.05, 0) is 39.4 Å². The Hall–Kier alpha value is -1.69. The second-order valence-electron chi connectivity index (χ2n) is 6.13. The lowest BCUT2D eigenvalue weighted by Gasteiger charge is -2.42. The number of likely N-dealkylation sites (tertiary alicyclic amines) is 1. The number of anilines is 2. The SMILES string of the molecule is CCC1Nc2cc(F)c(F)cc2N(C2CCN(C)CC2)C1=O. The normalized spacial score (nSPS) is 23.4. The number of benzene rings is 1. The Kier molecular flexibility index (Phi) is 4.04. The summed E-state index contributed by atoms with van der Waals surface area (Å²) >= 11 is 0. The molecular formula is C16H21F2N3O. The predicted octanol–water partition coefficient (Wildman–Crippen LogP) is 2.60. The van der Waals surface area contributed by atoms with Crippen LogP contribution in [0.4, 0.5) is 20.2 Å². The number of fused-ring (bicyclic) bond motifs is 1. The molecule has 0 saturated carbocycles. The number of hydrogen-bond donors (Lipinski definition) is 1. The first-order chi connectivity index (χ1) is 10.5. The van der Waals surface area contributed by atoms with E-state index in [2.05, 4.69) is 10.2 Å². The van der Waals surface area contributed by atoms with Gasteiger partial charge in [-0.25, -0.2) is 8.78 Å². The van der Waals surface area contributed by atoms with Crippen molar-refractivity contribution in [2.75, 3.05) is 30.4 Å². The number of nitrogens with one attached hydrogen (secondary N) is 1. The molecule has 22 heavy (non-hydrogen) atoms. The Morgan fingerprint density at radius 3 is 2.50 bits per heavy atom. The van der Waals surface area contributed by atoms with Crippen molar-refractivity contribution >= 4 is 17.3 Å². The molecular weight excluding hydrogens is 288 g/mol. The number of rotatable bonds is 2. The van der Waals surface area contributed by atoms with E-state index in [1.54, 1.807) is 4.90 Å². The third-order valence-electron chi connectivity index (χ3n) is 4.62. The third-order valence-corrected chi connectivity index (χ3v) is 4.62. The predicted molar refractivity (Wildman–Crippen MR) is 82.1 cm³/mol. The van der Waals surface area contributed by atoms with Crippen molar-refractivity contribution in [3.8, 4) is 0 Å². The zero-order valence-electron chi connectivity index (χ0n) is 12.9. The van der Waals surface area contributed by atoms with Gasteiger partial charge in [0.05, 0.1) is 11.4 Å². The summed E-state index contributed by atoms with van der Waals surface area (Å²) in [6, 6.07) is 1.96. The average Bonchev–Trinajstić information content (AvgIpc) is 2.50. The van der Waals surface area contributed by atoms with Gasteiger partial charge in [0.25, 0.3) is 0 Å². The van der Waals surface area contributed by atoms with Gasteiger partial charge in [-0.3, -0.25) is 4.79 Å². The summed E-state index contributed by atoms with van der Waals surface area (Å²) in [5, 5.41) is 3.03. The van der Waals surface area contributed by atoms with Gasteiger partial charge < -0.3 is 15.1 Å². The molecule has 1 fully saturated rings. The Bertz CT molecular complexity index is 585. The number of carbonyl (C=O) groups is 1. The lowest BCUT2D eigenvalue weighted by Crippen LogP contribution is -2.54. The molecule has 2 heterocycles. The molecule has 1 amide bonds. The zero-order valence-corrected chi connectivity index (χ0v) is 12.9. The van der Waals surface area contributed by atoms with E-state index in [1.165, 1.54) is 0 Å². The second kappa shape index (κ2) is 5.83. The molecule has 0 aliphatic carbocycles. The van der Waals surface area contributed by atoms with Crippen LogP contribution in [0.3, 0.4) is 0 Å². The van der Waals surface area contributed by atoms with Crippen LogP contribution >= 0.6 is 0 Å². The van der Waals surface area contributed by atoms with Gasteiger partial charge in [-0.1, -0.05) is 6.92 Å². The van der Waals surface area contributed by atoms with Crippen LogP contribution < -0.4 is 10.2 Å². The van der Waals surface area contributed by atoms with Crippen molar-refractivity contribution in [2.45, 2.75) is 38.3 Å². The van der Waals surface area contributed by atoms with Crippen LogP contribution in [0.5, 0.6) is 0 Å². The van der Waals surface area contributed by atoms with Gasteiger partial charge >= 0.3 is 0 Å². The van der Waals surface area contributed by atoms with Crippen molar-refractivity contribution in [1.82, 2.24) is 4.90 Å². The number of nitrogens with zero attached hydrogens (tertiary/aromatic N) is 2. The topological polar surface area (TPSA) is 35.6 Å². The number of piperidine rings is 1. The van der Waals surface area contributed by atoms with E-state index in [1.807, 2.05) is 14.0 Å². The van der Waals surface area contributed by atoms with Gasteiger partial charge in [0.2, 0.25) is 5.91 Å². The number of amides is 1. The minimum absolute atomic E-state index is 0.0449. The molecule has 2 aliphatic heterocycles. The van der Waals surface area contributed by atoms with Crippen LogP contribution in [0, 0.1) is 11.6 Å². The van der Waals surface area contributed by atoms with Crippen LogP contribution in [-0.4, -0.2) is 43.0 Å². The summed E-state index contributed by atoms with van der Waals surface area (Å²) in [6.07, 6.45) is 2.30. The van der Waals surface area contributed by atoms with Gasteiger partial charge in [0.15, 0.2) is 11.6 Å². The highest BCUT2D eigenvalue weighted by Gasteiger charge is 2.37. The van der Waals surface area contributed by atoms with Crippen LogP contribution in [0.25, 0.3) is 0 Å².